The summed E-state index contributed by atoms with van der Waals surface area (Å²) >= 11 is 0. The Morgan fingerprint density at radius 3 is 2.67 bits per heavy atom. The zero-order chi connectivity index (χ0) is 13.1. The molecule has 0 aromatic rings. The summed E-state index contributed by atoms with van der Waals surface area (Å²) in [5.41, 5.74) is -0.407. The number of ether oxygens (including phenoxy) is 1. The van der Waals surface area contributed by atoms with Gasteiger partial charge < -0.3 is 15.2 Å². The highest BCUT2D eigenvalue weighted by molar-refractivity contribution is 4.93. The van der Waals surface area contributed by atoms with Gasteiger partial charge in [0.05, 0.1) is 17.3 Å². The van der Waals surface area contributed by atoms with Gasteiger partial charge in [0, 0.05) is 6.42 Å². The summed E-state index contributed by atoms with van der Waals surface area (Å²) in [5, 5.41) is 13.5. The number of rotatable bonds is 5. The molecule has 2 atom stereocenters. The number of nitrogens with one attached hydrogen (secondary N) is 1. The summed E-state index contributed by atoms with van der Waals surface area (Å²) in [7, 11) is 1.93. The fraction of sp³-hybridized carbons (Fsp3) is 1.00. The van der Waals surface area contributed by atoms with Crippen LogP contribution < -0.4 is 5.32 Å². The van der Waals surface area contributed by atoms with E-state index >= 15 is 0 Å². The van der Waals surface area contributed by atoms with Gasteiger partial charge in [0.2, 0.25) is 0 Å². The van der Waals surface area contributed by atoms with Gasteiger partial charge in [0.25, 0.3) is 0 Å². The van der Waals surface area contributed by atoms with Gasteiger partial charge in [-0.05, 0) is 52.6 Å². The van der Waals surface area contributed by atoms with Crippen molar-refractivity contribution in [1.82, 2.24) is 5.32 Å². The molecule has 0 aromatic carbocycles. The SMILES string of the molecule is CNCCC(C)(O)CC1CCC2(CCCCC2)O1. The van der Waals surface area contributed by atoms with Crippen LogP contribution in [0.2, 0.25) is 0 Å². The van der Waals surface area contributed by atoms with E-state index in [0.29, 0.717) is 0 Å². The van der Waals surface area contributed by atoms with Crippen molar-refractivity contribution in [2.24, 2.45) is 0 Å². The normalized spacial score (nSPS) is 30.5. The second-order valence-electron chi connectivity index (χ2n) is 6.58. The maximum absolute atomic E-state index is 10.4. The van der Waals surface area contributed by atoms with Crippen LogP contribution in [0.4, 0.5) is 0 Å². The molecule has 3 nitrogen and oxygen atoms in total. The van der Waals surface area contributed by atoms with E-state index in [-0.39, 0.29) is 11.7 Å². The first-order valence-corrected chi connectivity index (χ1v) is 7.60. The first-order chi connectivity index (χ1) is 8.55. The molecule has 3 heteroatoms. The Kier molecular flexibility index (Phi) is 4.68. The van der Waals surface area contributed by atoms with Crippen LogP contribution in [0, 0.1) is 0 Å². The molecular formula is C15H29NO2. The highest BCUT2D eigenvalue weighted by Gasteiger charge is 2.42. The minimum atomic E-state index is -0.589. The van der Waals surface area contributed by atoms with E-state index in [9.17, 15) is 5.11 Å². The van der Waals surface area contributed by atoms with Crippen LogP contribution in [-0.2, 0) is 4.74 Å². The average Bonchev–Trinajstić information content (AvgIpc) is 2.70. The van der Waals surface area contributed by atoms with E-state index in [4.69, 9.17) is 4.74 Å². The van der Waals surface area contributed by atoms with Crippen molar-refractivity contribution in [2.45, 2.75) is 82.0 Å². The topological polar surface area (TPSA) is 41.5 Å². The molecule has 1 spiro atoms. The molecule has 2 fully saturated rings. The minimum absolute atomic E-state index is 0.183. The van der Waals surface area contributed by atoms with Crippen molar-refractivity contribution < 1.29 is 9.84 Å². The van der Waals surface area contributed by atoms with Crippen LogP contribution in [-0.4, -0.2) is 36.0 Å². The molecule has 2 N–H and O–H groups in total. The van der Waals surface area contributed by atoms with Gasteiger partial charge >= 0.3 is 0 Å². The van der Waals surface area contributed by atoms with Crippen LogP contribution in [0.25, 0.3) is 0 Å². The summed E-state index contributed by atoms with van der Waals surface area (Å²) in [6, 6.07) is 0. The molecule has 1 saturated heterocycles. The van der Waals surface area contributed by atoms with Crippen molar-refractivity contribution in [3.05, 3.63) is 0 Å². The number of aliphatic hydroxyl groups is 1. The Hall–Kier alpha value is -0.120. The van der Waals surface area contributed by atoms with E-state index < -0.39 is 5.60 Å². The van der Waals surface area contributed by atoms with Gasteiger partial charge in [0.15, 0.2) is 0 Å². The van der Waals surface area contributed by atoms with E-state index in [0.717, 1.165) is 25.8 Å². The van der Waals surface area contributed by atoms with Gasteiger partial charge in [-0.25, -0.2) is 0 Å². The highest BCUT2D eigenvalue weighted by Crippen LogP contribution is 2.43. The second kappa shape index (κ2) is 5.89. The summed E-state index contributed by atoms with van der Waals surface area (Å²) < 4.78 is 6.33. The maximum Gasteiger partial charge on any atom is 0.0687 e. The lowest BCUT2D eigenvalue weighted by Crippen LogP contribution is -2.36. The largest absolute Gasteiger partial charge is 0.390 e. The smallest absolute Gasteiger partial charge is 0.0687 e. The number of hydrogen-bond donors (Lipinski definition) is 2. The van der Waals surface area contributed by atoms with Gasteiger partial charge in [-0.1, -0.05) is 19.3 Å². The molecule has 106 valence electrons. The molecule has 0 bridgehead atoms. The molecule has 0 amide bonds. The van der Waals surface area contributed by atoms with Gasteiger partial charge in [0.1, 0.15) is 0 Å². The van der Waals surface area contributed by atoms with Gasteiger partial charge in [-0.15, -0.1) is 0 Å². The van der Waals surface area contributed by atoms with E-state index in [2.05, 4.69) is 5.32 Å². The molecular weight excluding hydrogens is 226 g/mol. The minimum Gasteiger partial charge on any atom is -0.390 e. The zero-order valence-corrected chi connectivity index (χ0v) is 12.0. The lowest BCUT2D eigenvalue weighted by Gasteiger charge is -2.34. The second-order valence-corrected chi connectivity index (χ2v) is 6.58. The first kappa shape index (κ1) is 14.3. The molecule has 0 radical (unpaired) electrons. The lowest BCUT2D eigenvalue weighted by molar-refractivity contribution is -0.0905. The third-order valence-electron chi connectivity index (χ3n) is 4.68. The van der Waals surface area contributed by atoms with Crippen LogP contribution in [0.5, 0.6) is 0 Å². The molecule has 0 aromatic heterocycles. The Morgan fingerprint density at radius 1 is 1.28 bits per heavy atom. The molecule has 2 unspecified atom stereocenters. The van der Waals surface area contributed by atoms with Gasteiger partial charge in [-0.2, -0.15) is 0 Å². The van der Waals surface area contributed by atoms with Crippen molar-refractivity contribution in [1.29, 1.82) is 0 Å². The predicted octanol–water partition coefficient (Wildman–Crippen LogP) is 2.62. The maximum atomic E-state index is 10.4. The summed E-state index contributed by atoms with van der Waals surface area (Å²) in [4.78, 5) is 0. The Labute approximate surface area is 111 Å². The van der Waals surface area contributed by atoms with Crippen LogP contribution in [0.1, 0.15) is 64.7 Å². The Balaban J connectivity index is 1.81. The summed E-state index contributed by atoms with van der Waals surface area (Å²) in [6.07, 6.45) is 10.7. The molecule has 1 heterocycles. The van der Waals surface area contributed by atoms with Crippen molar-refractivity contribution in [3.8, 4) is 0 Å². The molecule has 1 saturated carbocycles. The molecule has 1 aliphatic heterocycles. The third-order valence-corrected chi connectivity index (χ3v) is 4.68. The fourth-order valence-corrected chi connectivity index (χ4v) is 3.59. The van der Waals surface area contributed by atoms with E-state index in [1.54, 1.807) is 0 Å². The monoisotopic (exact) mass is 255 g/mol. The zero-order valence-electron chi connectivity index (χ0n) is 12.0. The molecule has 1 aliphatic carbocycles. The molecule has 2 rings (SSSR count). The summed E-state index contributed by atoms with van der Waals surface area (Å²) in [6.45, 7) is 2.81. The van der Waals surface area contributed by atoms with Crippen molar-refractivity contribution in [2.75, 3.05) is 13.6 Å². The van der Waals surface area contributed by atoms with E-state index in [1.807, 2.05) is 14.0 Å². The Morgan fingerprint density at radius 2 is 2.00 bits per heavy atom. The highest BCUT2D eigenvalue weighted by atomic mass is 16.5. The molecule has 18 heavy (non-hydrogen) atoms. The van der Waals surface area contributed by atoms with Crippen molar-refractivity contribution >= 4 is 0 Å². The Bertz CT molecular complexity index is 259. The van der Waals surface area contributed by atoms with Crippen molar-refractivity contribution in [3.63, 3.8) is 0 Å². The third kappa shape index (κ3) is 3.69. The van der Waals surface area contributed by atoms with E-state index in [1.165, 1.54) is 38.5 Å². The molecule has 2 aliphatic rings. The first-order valence-electron chi connectivity index (χ1n) is 7.60. The standard InChI is InChI=1S/C15H29NO2/c1-14(17,10-11-16-2)12-13-6-9-15(18-13)7-4-3-5-8-15/h13,16-17H,3-12H2,1-2H3. The van der Waals surface area contributed by atoms with Crippen LogP contribution in [0.3, 0.4) is 0 Å². The van der Waals surface area contributed by atoms with Crippen LogP contribution in [0.15, 0.2) is 0 Å². The average molecular weight is 255 g/mol. The fourth-order valence-electron chi connectivity index (χ4n) is 3.59. The van der Waals surface area contributed by atoms with Crippen LogP contribution >= 0.6 is 0 Å². The lowest BCUT2D eigenvalue weighted by atomic mass is 9.83. The quantitative estimate of drug-likeness (QED) is 0.793. The van der Waals surface area contributed by atoms with Gasteiger partial charge in [-0.3, -0.25) is 0 Å². The summed E-state index contributed by atoms with van der Waals surface area (Å²) in [5.74, 6) is 0. The number of hydrogen-bond acceptors (Lipinski definition) is 3. The predicted molar refractivity (Wildman–Crippen MR) is 73.7 cm³/mol.